The monoisotopic (exact) mass is 389 g/mol. The van der Waals surface area contributed by atoms with Crippen molar-refractivity contribution < 1.29 is 13.2 Å². The number of rotatable bonds is 4. The molecule has 1 heterocycles. The molecule has 1 aromatic heterocycles. The summed E-state index contributed by atoms with van der Waals surface area (Å²) in [5, 5.41) is 14.1. The molecule has 2 aromatic rings. The predicted molar refractivity (Wildman–Crippen MR) is 81.6 cm³/mol. The molecule has 1 aromatic carbocycles. The lowest BCUT2D eigenvalue weighted by Crippen LogP contribution is -2.06. The molecule has 22 heavy (non-hydrogen) atoms. The minimum atomic E-state index is -4.34. The van der Waals surface area contributed by atoms with Crippen molar-refractivity contribution in [1.82, 2.24) is 9.78 Å². The van der Waals surface area contributed by atoms with Gasteiger partial charge in [-0.05, 0) is 39.4 Å². The molecule has 0 aliphatic carbocycles. The van der Waals surface area contributed by atoms with E-state index in [1.54, 1.807) is 4.68 Å². The Bertz CT molecular complexity index is 702. The van der Waals surface area contributed by atoms with E-state index >= 15 is 0 Å². The maximum absolute atomic E-state index is 12.5. The molecule has 0 N–H and O–H groups in total. The molecule has 0 unspecified atom stereocenters. The molecule has 0 spiro atoms. The third-order valence-corrected chi connectivity index (χ3v) is 4.52. The molecule has 0 saturated carbocycles. The summed E-state index contributed by atoms with van der Waals surface area (Å²) in [6.07, 6.45) is -4.34. The molecule has 3 nitrogen and oxygen atoms in total. The summed E-state index contributed by atoms with van der Waals surface area (Å²) in [5.74, 6) is 0.776. The molecular weight excluding hydrogens is 379 g/mol. The van der Waals surface area contributed by atoms with Gasteiger partial charge in [0.1, 0.15) is 21.3 Å². The van der Waals surface area contributed by atoms with E-state index in [1.807, 2.05) is 6.92 Å². The first-order chi connectivity index (χ1) is 10.4. The molecule has 0 aliphatic heterocycles. The second kappa shape index (κ2) is 6.75. The van der Waals surface area contributed by atoms with Crippen molar-refractivity contribution >= 4 is 27.7 Å². The Kier molecular flexibility index (Phi) is 5.19. The van der Waals surface area contributed by atoms with Crippen LogP contribution >= 0.6 is 27.7 Å². The van der Waals surface area contributed by atoms with Crippen molar-refractivity contribution in [3.63, 3.8) is 0 Å². The van der Waals surface area contributed by atoms with Gasteiger partial charge in [0.05, 0.1) is 12.1 Å². The molecule has 116 valence electrons. The normalized spacial score (nSPS) is 11.5. The Balaban J connectivity index is 2.26. The average Bonchev–Trinajstić information content (AvgIpc) is 2.74. The summed E-state index contributed by atoms with van der Waals surface area (Å²) in [4.78, 5) is 0. The summed E-state index contributed by atoms with van der Waals surface area (Å²) < 4.78 is 39.7. The van der Waals surface area contributed by atoms with Crippen LogP contribution in [0.1, 0.15) is 23.6 Å². The van der Waals surface area contributed by atoms with Gasteiger partial charge in [-0.3, -0.25) is 4.68 Å². The van der Waals surface area contributed by atoms with E-state index in [0.29, 0.717) is 20.8 Å². The number of benzene rings is 1. The average molecular weight is 390 g/mol. The molecule has 0 saturated heterocycles. The van der Waals surface area contributed by atoms with Crippen molar-refractivity contribution in [2.24, 2.45) is 0 Å². The van der Waals surface area contributed by atoms with Gasteiger partial charge in [0.15, 0.2) is 0 Å². The fourth-order valence-electron chi connectivity index (χ4n) is 1.83. The van der Waals surface area contributed by atoms with Gasteiger partial charge in [-0.25, -0.2) is 0 Å². The maximum Gasteiger partial charge on any atom is 0.416 e. The Morgan fingerprint density at radius 1 is 1.32 bits per heavy atom. The molecule has 0 aliphatic rings. The van der Waals surface area contributed by atoms with Crippen LogP contribution in [-0.4, -0.2) is 15.5 Å². The van der Waals surface area contributed by atoms with Crippen molar-refractivity contribution in [2.75, 3.05) is 5.75 Å². The van der Waals surface area contributed by atoms with Crippen LogP contribution in [0.5, 0.6) is 0 Å². The fraction of sp³-hybridized carbons (Fsp3) is 0.286. The zero-order chi connectivity index (χ0) is 16.3. The number of thioether (sulfide) groups is 1. The van der Waals surface area contributed by atoms with Gasteiger partial charge in [0, 0.05) is 0 Å². The predicted octanol–water partition coefficient (Wildman–Crippen LogP) is 4.70. The summed E-state index contributed by atoms with van der Waals surface area (Å²) in [6.45, 7) is 2.24. The van der Waals surface area contributed by atoms with Crippen LogP contribution in [0.3, 0.4) is 0 Å². The summed E-state index contributed by atoms with van der Waals surface area (Å²) >= 11 is 4.77. The number of nitrogens with zero attached hydrogens (tertiary/aromatic N) is 3. The van der Waals surface area contributed by atoms with Crippen molar-refractivity contribution in [1.29, 1.82) is 5.26 Å². The van der Waals surface area contributed by atoms with Gasteiger partial charge in [0.25, 0.3) is 0 Å². The van der Waals surface area contributed by atoms with Crippen LogP contribution in [0.2, 0.25) is 0 Å². The van der Waals surface area contributed by atoms with E-state index in [0.717, 1.165) is 17.9 Å². The highest BCUT2D eigenvalue weighted by Crippen LogP contribution is 2.30. The van der Waals surface area contributed by atoms with Crippen LogP contribution in [0.25, 0.3) is 0 Å². The van der Waals surface area contributed by atoms with Gasteiger partial charge < -0.3 is 0 Å². The molecule has 0 bridgehead atoms. The number of alkyl halides is 3. The number of halogens is 4. The van der Waals surface area contributed by atoms with Crippen LogP contribution in [0.4, 0.5) is 13.2 Å². The Hall–Kier alpha value is -1.46. The molecule has 8 heteroatoms. The second-order valence-electron chi connectivity index (χ2n) is 4.37. The lowest BCUT2D eigenvalue weighted by atomic mass is 10.1. The number of hydrogen-bond acceptors (Lipinski definition) is 3. The summed E-state index contributed by atoms with van der Waals surface area (Å²) in [6, 6.07) is 6.99. The van der Waals surface area contributed by atoms with E-state index < -0.39 is 11.7 Å². The van der Waals surface area contributed by atoms with Crippen molar-refractivity contribution in [3.8, 4) is 6.07 Å². The third kappa shape index (κ3) is 3.65. The van der Waals surface area contributed by atoms with Crippen LogP contribution < -0.4 is 0 Å². The van der Waals surface area contributed by atoms with E-state index in [4.69, 9.17) is 5.26 Å². The standard InChI is InChI=1S/C14H11BrF3N3S/c1-2-22-13-11(7-19)12(15)21(20-13)8-9-3-5-10(6-4-9)14(16,17)18/h3-6H,2,8H2,1H3. The lowest BCUT2D eigenvalue weighted by molar-refractivity contribution is -0.137. The van der Waals surface area contributed by atoms with E-state index in [-0.39, 0.29) is 6.54 Å². The van der Waals surface area contributed by atoms with Crippen LogP contribution in [0, 0.1) is 11.3 Å². The van der Waals surface area contributed by atoms with Crippen LogP contribution in [-0.2, 0) is 12.7 Å². The first kappa shape index (κ1) is 16.9. The molecule has 2 rings (SSSR count). The molecule has 0 amide bonds. The molecule has 0 atom stereocenters. The van der Waals surface area contributed by atoms with Gasteiger partial charge in [-0.15, -0.1) is 11.8 Å². The summed E-state index contributed by atoms with van der Waals surface area (Å²) in [7, 11) is 0. The van der Waals surface area contributed by atoms with E-state index in [9.17, 15) is 13.2 Å². The quantitative estimate of drug-likeness (QED) is 0.711. The Morgan fingerprint density at radius 2 is 1.95 bits per heavy atom. The fourth-order valence-corrected chi connectivity index (χ4v) is 3.16. The van der Waals surface area contributed by atoms with E-state index in [1.165, 1.54) is 23.9 Å². The SMILES string of the molecule is CCSc1nn(Cc2ccc(C(F)(F)F)cc2)c(Br)c1C#N. The first-order valence-corrected chi connectivity index (χ1v) is 8.10. The van der Waals surface area contributed by atoms with Gasteiger partial charge >= 0.3 is 6.18 Å². The number of hydrogen-bond donors (Lipinski definition) is 0. The zero-order valence-electron chi connectivity index (χ0n) is 11.5. The van der Waals surface area contributed by atoms with Gasteiger partial charge in [-0.1, -0.05) is 19.1 Å². The Morgan fingerprint density at radius 3 is 2.45 bits per heavy atom. The van der Waals surface area contributed by atoms with E-state index in [2.05, 4.69) is 27.1 Å². The third-order valence-electron chi connectivity index (χ3n) is 2.86. The molecular formula is C14H11BrF3N3S. The highest BCUT2D eigenvalue weighted by molar-refractivity contribution is 9.10. The first-order valence-electron chi connectivity index (χ1n) is 6.32. The zero-order valence-corrected chi connectivity index (χ0v) is 13.9. The smallest absolute Gasteiger partial charge is 0.252 e. The summed E-state index contributed by atoms with van der Waals surface area (Å²) in [5.41, 5.74) is 0.434. The molecule has 0 fully saturated rings. The van der Waals surface area contributed by atoms with Crippen molar-refractivity contribution in [2.45, 2.75) is 24.7 Å². The minimum absolute atomic E-state index is 0.289. The number of nitriles is 1. The minimum Gasteiger partial charge on any atom is -0.252 e. The van der Waals surface area contributed by atoms with Crippen LogP contribution in [0.15, 0.2) is 33.9 Å². The number of aromatic nitrogens is 2. The Labute approximate surface area is 138 Å². The van der Waals surface area contributed by atoms with Gasteiger partial charge in [-0.2, -0.15) is 23.5 Å². The topological polar surface area (TPSA) is 41.6 Å². The highest BCUT2D eigenvalue weighted by atomic mass is 79.9. The van der Waals surface area contributed by atoms with Gasteiger partial charge in [0.2, 0.25) is 0 Å². The molecule has 0 radical (unpaired) electrons. The highest BCUT2D eigenvalue weighted by Gasteiger charge is 2.30. The lowest BCUT2D eigenvalue weighted by Gasteiger charge is -2.08. The second-order valence-corrected chi connectivity index (χ2v) is 6.37. The van der Waals surface area contributed by atoms with Crippen molar-refractivity contribution in [3.05, 3.63) is 45.6 Å². The maximum atomic E-state index is 12.5. The largest absolute Gasteiger partial charge is 0.416 e.